The van der Waals surface area contributed by atoms with Crippen molar-refractivity contribution < 1.29 is 24.2 Å². The normalized spacial score (nSPS) is 35.1. The van der Waals surface area contributed by atoms with Gasteiger partial charge in [-0.1, -0.05) is 65.3 Å². The summed E-state index contributed by atoms with van der Waals surface area (Å²) in [7, 11) is 0. The molecule has 0 amide bonds. The molecule has 43 heavy (non-hydrogen) atoms. The first kappa shape index (κ1) is 34.3. The Labute approximate surface area is 262 Å². The Morgan fingerprint density at radius 1 is 0.977 bits per heavy atom. The molecule has 0 aromatic rings. The molecule has 9 atom stereocenters. The number of hydrogen-bond donors (Lipinski definition) is 1. The quantitative estimate of drug-likeness (QED) is 0.123. The van der Waals surface area contributed by atoms with Crippen LogP contribution in [0.3, 0.4) is 0 Å². The van der Waals surface area contributed by atoms with Gasteiger partial charge in [-0.2, -0.15) is 0 Å². The van der Waals surface area contributed by atoms with Crippen molar-refractivity contribution in [3.05, 3.63) is 23.8 Å². The van der Waals surface area contributed by atoms with Crippen LogP contribution in [0.4, 0.5) is 0 Å². The number of allylic oxidation sites excluding steroid dienone is 3. The number of hydrogen-bond acceptors (Lipinski definition) is 5. The topological polar surface area (TPSA) is 72.8 Å². The van der Waals surface area contributed by atoms with Crippen LogP contribution in [0.15, 0.2) is 23.8 Å². The smallest absolute Gasteiger partial charge is 0.306 e. The van der Waals surface area contributed by atoms with Crippen LogP contribution in [0.2, 0.25) is 0 Å². The van der Waals surface area contributed by atoms with Crippen LogP contribution in [0.25, 0.3) is 0 Å². The molecule has 4 aliphatic rings. The first-order chi connectivity index (χ1) is 20.5. The average Bonchev–Trinajstić information content (AvgIpc) is 3.33. The zero-order valence-corrected chi connectivity index (χ0v) is 28.2. The lowest BCUT2D eigenvalue weighted by atomic mass is 9.47. The molecule has 244 valence electrons. The van der Waals surface area contributed by atoms with Crippen LogP contribution in [0, 0.1) is 52.3 Å². The van der Waals surface area contributed by atoms with Crippen LogP contribution in [-0.4, -0.2) is 36.4 Å². The number of aliphatic hydroxyl groups is 1. The SMILES string of the molecule is CCC(/C=C/C(C)C1CCC2C3CC=C4CC(OC(=O)CCCCC(=O)OCCCO)CCC4(C)C3CCC12C)C(C)C. The number of carbonyl (C=O) groups excluding carboxylic acids is 2. The highest BCUT2D eigenvalue weighted by atomic mass is 16.5. The van der Waals surface area contributed by atoms with Gasteiger partial charge in [0.15, 0.2) is 0 Å². The molecule has 0 radical (unpaired) electrons. The van der Waals surface area contributed by atoms with Gasteiger partial charge in [-0.25, -0.2) is 0 Å². The lowest BCUT2D eigenvalue weighted by molar-refractivity contribution is -0.152. The number of carbonyl (C=O) groups is 2. The molecule has 4 aliphatic carbocycles. The van der Waals surface area contributed by atoms with Crippen molar-refractivity contribution in [1.29, 1.82) is 0 Å². The number of esters is 2. The molecule has 5 nitrogen and oxygen atoms in total. The molecule has 0 saturated heterocycles. The Kier molecular flexibility index (Phi) is 12.0. The Morgan fingerprint density at radius 2 is 1.72 bits per heavy atom. The monoisotopic (exact) mass is 598 g/mol. The van der Waals surface area contributed by atoms with E-state index in [2.05, 4.69) is 59.8 Å². The van der Waals surface area contributed by atoms with Crippen LogP contribution in [0.1, 0.15) is 131 Å². The summed E-state index contributed by atoms with van der Waals surface area (Å²) >= 11 is 0. The number of unbranched alkanes of at least 4 members (excludes halogenated alkanes) is 1. The summed E-state index contributed by atoms with van der Waals surface area (Å²) in [5.41, 5.74) is 2.26. The van der Waals surface area contributed by atoms with E-state index in [0.29, 0.717) is 55.3 Å². The fourth-order valence-corrected chi connectivity index (χ4v) is 10.0. The maximum Gasteiger partial charge on any atom is 0.306 e. The van der Waals surface area contributed by atoms with Gasteiger partial charge in [-0.3, -0.25) is 9.59 Å². The summed E-state index contributed by atoms with van der Waals surface area (Å²) in [5.74, 6) is 4.84. The second-order valence-electron chi connectivity index (χ2n) is 15.4. The summed E-state index contributed by atoms with van der Waals surface area (Å²) in [4.78, 5) is 24.3. The van der Waals surface area contributed by atoms with Gasteiger partial charge >= 0.3 is 11.9 Å². The van der Waals surface area contributed by atoms with Crippen LogP contribution < -0.4 is 0 Å². The third-order valence-corrected chi connectivity index (χ3v) is 12.6. The van der Waals surface area contributed by atoms with Gasteiger partial charge in [-0.15, -0.1) is 0 Å². The van der Waals surface area contributed by atoms with Crippen LogP contribution in [0.5, 0.6) is 0 Å². The van der Waals surface area contributed by atoms with E-state index < -0.39 is 0 Å². The molecule has 0 spiro atoms. The lowest BCUT2D eigenvalue weighted by Gasteiger charge is -2.58. The van der Waals surface area contributed by atoms with Crippen molar-refractivity contribution in [3.63, 3.8) is 0 Å². The second kappa shape index (κ2) is 15.1. The van der Waals surface area contributed by atoms with E-state index in [-0.39, 0.29) is 36.7 Å². The van der Waals surface area contributed by atoms with Gasteiger partial charge in [0.1, 0.15) is 6.10 Å². The fourth-order valence-electron chi connectivity index (χ4n) is 10.0. The molecule has 0 aliphatic heterocycles. The summed E-state index contributed by atoms with van der Waals surface area (Å²) in [6.07, 6.45) is 20.9. The van der Waals surface area contributed by atoms with E-state index in [1.165, 1.54) is 38.5 Å². The molecule has 0 bridgehead atoms. The lowest BCUT2D eigenvalue weighted by Crippen LogP contribution is -2.51. The number of rotatable bonds is 14. The number of aliphatic hydroxyl groups excluding tert-OH is 1. The summed E-state index contributed by atoms with van der Waals surface area (Å²) in [5, 5.41) is 8.78. The number of fused-ring (bicyclic) bond motifs is 5. The Morgan fingerprint density at radius 3 is 2.42 bits per heavy atom. The van der Waals surface area contributed by atoms with Gasteiger partial charge < -0.3 is 14.6 Å². The molecular weight excluding hydrogens is 536 g/mol. The van der Waals surface area contributed by atoms with E-state index in [9.17, 15) is 9.59 Å². The Bertz CT molecular complexity index is 998. The van der Waals surface area contributed by atoms with Gasteiger partial charge in [0, 0.05) is 32.3 Å². The fraction of sp³-hybridized carbons (Fsp3) is 0.842. The van der Waals surface area contributed by atoms with E-state index in [1.807, 2.05) is 0 Å². The average molecular weight is 599 g/mol. The predicted octanol–water partition coefficient (Wildman–Crippen LogP) is 8.84. The largest absolute Gasteiger partial charge is 0.466 e. The van der Waals surface area contributed by atoms with E-state index >= 15 is 0 Å². The molecule has 5 heteroatoms. The van der Waals surface area contributed by atoms with Crippen molar-refractivity contribution in [1.82, 2.24) is 0 Å². The second-order valence-corrected chi connectivity index (χ2v) is 15.4. The van der Waals surface area contributed by atoms with Gasteiger partial charge in [-0.05, 0) is 116 Å². The molecular formula is C38H62O5. The zero-order valence-electron chi connectivity index (χ0n) is 28.2. The van der Waals surface area contributed by atoms with Crippen LogP contribution in [-0.2, 0) is 19.1 Å². The minimum absolute atomic E-state index is 0.0121. The molecule has 9 unspecified atom stereocenters. The molecule has 0 aromatic carbocycles. The summed E-state index contributed by atoms with van der Waals surface area (Å²) in [6, 6.07) is 0. The highest BCUT2D eigenvalue weighted by Crippen LogP contribution is 2.67. The van der Waals surface area contributed by atoms with E-state index in [0.717, 1.165) is 42.9 Å². The molecule has 0 aromatic heterocycles. The maximum absolute atomic E-state index is 12.6. The molecule has 4 rings (SSSR count). The molecule has 3 fully saturated rings. The van der Waals surface area contributed by atoms with Crippen molar-refractivity contribution >= 4 is 11.9 Å². The van der Waals surface area contributed by atoms with Crippen molar-refractivity contribution in [2.75, 3.05) is 13.2 Å². The molecule has 0 heterocycles. The van der Waals surface area contributed by atoms with Crippen molar-refractivity contribution in [3.8, 4) is 0 Å². The minimum atomic E-state index is -0.259. The van der Waals surface area contributed by atoms with Gasteiger partial charge in [0.05, 0.1) is 6.61 Å². The molecule has 3 saturated carbocycles. The summed E-state index contributed by atoms with van der Waals surface area (Å²) in [6.45, 7) is 15.0. The maximum atomic E-state index is 12.6. The van der Waals surface area contributed by atoms with E-state index in [1.54, 1.807) is 5.57 Å². The summed E-state index contributed by atoms with van der Waals surface area (Å²) < 4.78 is 11.0. The van der Waals surface area contributed by atoms with Gasteiger partial charge in [0.25, 0.3) is 0 Å². The predicted molar refractivity (Wildman–Crippen MR) is 173 cm³/mol. The van der Waals surface area contributed by atoms with Crippen molar-refractivity contribution in [2.45, 2.75) is 138 Å². The number of ether oxygens (including phenoxy) is 2. The zero-order chi connectivity index (χ0) is 31.2. The Balaban J connectivity index is 1.29. The standard InChI is InChI=1S/C38H62O5/c1-7-28(26(2)3)14-13-27(4)32-17-18-33-31-16-15-29-25-30(19-21-37(29,5)34(31)20-22-38(32,33)6)43-36(41)12-9-8-11-35(40)42-24-10-23-39/h13-15,26-28,30-34,39H,7-12,16-25H2,1-6H3/b14-13+. The highest BCUT2D eigenvalue weighted by molar-refractivity contribution is 5.70. The first-order valence-corrected chi connectivity index (χ1v) is 17.9. The molecule has 1 N–H and O–H groups in total. The van der Waals surface area contributed by atoms with Gasteiger partial charge in [0.2, 0.25) is 0 Å². The third kappa shape index (κ3) is 7.79. The Hall–Kier alpha value is -1.62. The minimum Gasteiger partial charge on any atom is -0.466 e. The first-order valence-electron chi connectivity index (χ1n) is 17.9. The van der Waals surface area contributed by atoms with Crippen molar-refractivity contribution in [2.24, 2.45) is 52.3 Å². The third-order valence-electron chi connectivity index (χ3n) is 12.6. The van der Waals surface area contributed by atoms with E-state index in [4.69, 9.17) is 14.6 Å². The van der Waals surface area contributed by atoms with Crippen LogP contribution >= 0.6 is 0 Å². The highest BCUT2D eigenvalue weighted by Gasteiger charge is 2.59.